The lowest BCUT2D eigenvalue weighted by molar-refractivity contribution is -0.139. The van der Waals surface area contributed by atoms with Crippen molar-refractivity contribution < 1.29 is 27.5 Å². The number of ether oxygens (including phenoxy) is 1. The van der Waals surface area contributed by atoms with Crippen LogP contribution in [0.25, 0.3) is 0 Å². The van der Waals surface area contributed by atoms with Gasteiger partial charge in [0.2, 0.25) is 15.9 Å². The molecule has 3 rings (SSSR count). The van der Waals surface area contributed by atoms with Crippen LogP contribution >= 0.6 is 0 Å². The van der Waals surface area contributed by atoms with Gasteiger partial charge in [0.15, 0.2) is 0 Å². The Morgan fingerprint density at radius 2 is 1.76 bits per heavy atom. The molecule has 0 aliphatic carbocycles. The molecular formula is C22H32N4O6S. The van der Waals surface area contributed by atoms with Gasteiger partial charge in [-0.25, -0.2) is 8.42 Å². The van der Waals surface area contributed by atoms with Crippen molar-refractivity contribution in [1.29, 1.82) is 0 Å². The Morgan fingerprint density at radius 1 is 1.09 bits per heavy atom. The van der Waals surface area contributed by atoms with Crippen molar-refractivity contribution in [1.82, 2.24) is 19.8 Å². The second kappa shape index (κ2) is 10.6. The number of likely N-dealkylation sites (tertiary alicyclic amines) is 1. The first-order valence-corrected chi connectivity index (χ1v) is 12.6. The summed E-state index contributed by atoms with van der Waals surface area (Å²) in [7, 11) is -3.84. The quantitative estimate of drug-likeness (QED) is 0.405. The SMILES string of the molecule is Cc1cc(C)c(S(=O)(=O)N2CCO[C@H]2CNC(=O)C(=O)NCCCN2CCCC2=O)c(C)c1. The highest BCUT2D eigenvalue weighted by molar-refractivity contribution is 7.89. The first kappa shape index (κ1) is 25.1. The number of carbonyl (C=O) groups is 3. The number of carbonyl (C=O) groups excluding carboxylic acids is 3. The molecule has 0 unspecified atom stereocenters. The van der Waals surface area contributed by atoms with Crippen LogP contribution in [0.1, 0.15) is 36.0 Å². The molecule has 2 aliphatic rings. The molecule has 0 bridgehead atoms. The minimum absolute atomic E-state index is 0.117. The fraction of sp³-hybridized carbons (Fsp3) is 0.591. The third-order valence-electron chi connectivity index (χ3n) is 5.82. The summed E-state index contributed by atoms with van der Waals surface area (Å²) in [6, 6.07) is 3.63. The Hall–Kier alpha value is -2.50. The van der Waals surface area contributed by atoms with Crippen LogP contribution in [0.2, 0.25) is 0 Å². The van der Waals surface area contributed by atoms with Gasteiger partial charge in [-0.3, -0.25) is 14.4 Å². The Kier molecular flexibility index (Phi) is 8.09. The van der Waals surface area contributed by atoms with Gasteiger partial charge < -0.3 is 20.3 Å². The molecule has 2 fully saturated rings. The van der Waals surface area contributed by atoms with E-state index in [4.69, 9.17) is 4.74 Å². The van der Waals surface area contributed by atoms with E-state index in [2.05, 4.69) is 10.6 Å². The lowest BCUT2D eigenvalue weighted by Gasteiger charge is -2.24. The molecule has 2 saturated heterocycles. The summed E-state index contributed by atoms with van der Waals surface area (Å²) in [6.45, 7) is 7.18. The predicted octanol–water partition coefficient (Wildman–Crippen LogP) is 0.204. The van der Waals surface area contributed by atoms with Gasteiger partial charge in [-0.2, -0.15) is 4.31 Å². The van der Waals surface area contributed by atoms with Gasteiger partial charge in [0.1, 0.15) is 6.23 Å². The minimum Gasteiger partial charge on any atom is -0.359 e. The first-order chi connectivity index (χ1) is 15.6. The number of benzene rings is 1. The highest BCUT2D eigenvalue weighted by Crippen LogP contribution is 2.28. The number of nitrogens with zero attached hydrogens (tertiary/aromatic N) is 2. The molecule has 1 aromatic rings. The van der Waals surface area contributed by atoms with E-state index in [1.807, 2.05) is 19.1 Å². The largest absolute Gasteiger partial charge is 0.359 e. The van der Waals surface area contributed by atoms with Crippen molar-refractivity contribution in [2.75, 3.05) is 39.3 Å². The Labute approximate surface area is 194 Å². The van der Waals surface area contributed by atoms with Crippen LogP contribution in [0.3, 0.4) is 0 Å². The van der Waals surface area contributed by atoms with E-state index >= 15 is 0 Å². The zero-order valence-corrected chi connectivity index (χ0v) is 20.2. The smallest absolute Gasteiger partial charge is 0.309 e. The number of nitrogens with one attached hydrogen (secondary N) is 2. The maximum Gasteiger partial charge on any atom is 0.309 e. The molecular weight excluding hydrogens is 448 g/mol. The standard InChI is InChI=1S/C22H32N4O6S/c1-15-12-16(2)20(17(3)13-15)33(30,31)26-10-11-32-19(26)14-24-22(29)21(28)23-7-5-9-25-8-4-6-18(25)27/h12-13,19H,4-11,14H2,1-3H3,(H,23,28)(H,24,29)/t19-/m0/s1. The maximum atomic E-state index is 13.3. The van der Waals surface area contributed by atoms with Crippen LogP contribution in [-0.2, 0) is 29.1 Å². The van der Waals surface area contributed by atoms with Gasteiger partial charge in [0, 0.05) is 32.6 Å². The first-order valence-electron chi connectivity index (χ1n) is 11.2. The molecule has 182 valence electrons. The van der Waals surface area contributed by atoms with E-state index in [1.165, 1.54) is 4.31 Å². The molecule has 1 atom stereocenters. The molecule has 0 radical (unpaired) electrons. The summed E-state index contributed by atoms with van der Waals surface area (Å²) in [5.41, 5.74) is 2.28. The fourth-order valence-electron chi connectivity index (χ4n) is 4.39. The van der Waals surface area contributed by atoms with E-state index in [-0.39, 0.29) is 37.0 Å². The van der Waals surface area contributed by atoms with Gasteiger partial charge in [0.05, 0.1) is 18.0 Å². The Balaban J connectivity index is 1.51. The van der Waals surface area contributed by atoms with Crippen molar-refractivity contribution in [3.05, 3.63) is 28.8 Å². The number of rotatable bonds is 8. The van der Waals surface area contributed by atoms with E-state index < -0.39 is 28.1 Å². The highest BCUT2D eigenvalue weighted by Gasteiger charge is 2.38. The Bertz CT molecular complexity index is 1000. The lowest BCUT2D eigenvalue weighted by Crippen LogP contribution is -2.47. The van der Waals surface area contributed by atoms with Crippen LogP contribution in [0.5, 0.6) is 0 Å². The summed E-state index contributed by atoms with van der Waals surface area (Å²) in [5.74, 6) is -1.55. The average Bonchev–Trinajstić information content (AvgIpc) is 3.37. The van der Waals surface area contributed by atoms with Crippen molar-refractivity contribution in [3.8, 4) is 0 Å². The molecule has 0 saturated carbocycles. The van der Waals surface area contributed by atoms with Crippen molar-refractivity contribution >= 4 is 27.7 Å². The number of hydrogen-bond acceptors (Lipinski definition) is 6. The third kappa shape index (κ3) is 5.90. The van der Waals surface area contributed by atoms with Gasteiger partial charge in [-0.05, 0) is 44.7 Å². The van der Waals surface area contributed by atoms with E-state index in [1.54, 1.807) is 18.7 Å². The molecule has 1 aromatic carbocycles. The summed E-state index contributed by atoms with van der Waals surface area (Å²) in [6.07, 6.45) is 1.08. The van der Waals surface area contributed by atoms with Crippen molar-refractivity contribution in [2.24, 2.45) is 0 Å². The monoisotopic (exact) mass is 480 g/mol. The molecule has 0 aromatic heterocycles. The van der Waals surface area contributed by atoms with Crippen molar-refractivity contribution in [3.63, 3.8) is 0 Å². The molecule has 33 heavy (non-hydrogen) atoms. The average molecular weight is 481 g/mol. The van der Waals surface area contributed by atoms with Gasteiger partial charge in [-0.15, -0.1) is 0 Å². The maximum absolute atomic E-state index is 13.3. The molecule has 11 heteroatoms. The number of amides is 3. The van der Waals surface area contributed by atoms with E-state index in [0.717, 1.165) is 18.5 Å². The van der Waals surface area contributed by atoms with Gasteiger partial charge in [0.25, 0.3) is 0 Å². The molecule has 0 spiro atoms. The van der Waals surface area contributed by atoms with Crippen LogP contribution in [-0.4, -0.2) is 80.9 Å². The molecule has 10 nitrogen and oxygen atoms in total. The normalized spacial score (nSPS) is 19.2. The number of sulfonamides is 1. The molecule has 2 heterocycles. The number of aryl methyl sites for hydroxylation is 3. The lowest BCUT2D eigenvalue weighted by atomic mass is 10.1. The summed E-state index contributed by atoms with van der Waals surface area (Å²) in [5, 5.41) is 4.98. The number of hydrogen-bond donors (Lipinski definition) is 2. The highest BCUT2D eigenvalue weighted by atomic mass is 32.2. The fourth-order valence-corrected chi connectivity index (χ4v) is 6.31. The van der Waals surface area contributed by atoms with Gasteiger partial charge >= 0.3 is 11.8 Å². The van der Waals surface area contributed by atoms with Gasteiger partial charge in [-0.1, -0.05) is 17.7 Å². The molecule has 2 aliphatic heterocycles. The summed E-state index contributed by atoms with van der Waals surface area (Å²) >= 11 is 0. The van der Waals surface area contributed by atoms with Crippen LogP contribution in [0, 0.1) is 20.8 Å². The summed E-state index contributed by atoms with van der Waals surface area (Å²) < 4.78 is 33.4. The van der Waals surface area contributed by atoms with Crippen molar-refractivity contribution in [2.45, 2.75) is 51.2 Å². The predicted molar refractivity (Wildman–Crippen MR) is 121 cm³/mol. The zero-order valence-electron chi connectivity index (χ0n) is 19.3. The third-order valence-corrected chi connectivity index (χ3v) is 8.01. The van der Waals surface area contributed by atoms with E-state index in [9.17, 15) is 22.8 Å². The van der Waals surface area contributed by atoms with Crippen LogP contribution < -0.4 is 10.6 Å². The molecule has 3 amide bonds. The Morgan fingerprint density at radius 3 is 2.39 bits per heavy atom. The van der Waals surface area contributed by atoms with E-state index in [0.29, 0.717) is 30.5 Å². The van der Waals surface area contributed by atoms with Crippen LogP contribution in [0.15, 0.2) is 17.0 Å². The topological polar surface area (TPSA) is 125 Å². The summed E-state index contributed by atoms with van der Waals surface area (Å²) in [4.78, 5) is 37.8. The second-order valence-electron chi connectivity index (χ2n) is 8.47. The molecule has 2 N–H and O–H groups in total. The van der Waals surface area contributed by atoms with Crippen LogP contribution in [0.4, 0.5) is 0 Å². The zero-order chi connectivity index (χ0) is 24.2. The minimum atomic E-state index is -3.84. The second-order valence-corrected chi connectivity index (χ2v) is 10.3.